The lowest BCUT2D eigenvalue weighted by molar-refractivity contribution is 0.409. The van der Waals surface area contributed by atoms with Crippen molar-refractivity contribution in [3.8, 4) is 28.5 Å². The second kappa shape index (κ2) is 7.68. The molecule has 7 nitrogen and oxygen atoms in total. The molecule has 0 saturated carbocycles. The minimum absolute atomic E-state index is 0.266. The van der Waals surface area contributed by atoms with Gasteiger partial charge in [-0.2, -0.15) is 10.4 Å². The maximum absolute atomic E-state index is 9.23. The summed E-state index contributed by atoms with van der Waals surface area (Å²) in [4.78, 5) is 12.4. The third-order valence-electron chi connectivity index (χ3n) is 6.99. The molecule has 33 heavy (non-hydrogen) atoms. The number of fused-ring (bicyclic) bond motifs is 3. The molecule has 7 heteroatoms. The molecule has 2 aliphatic heterocycles. The van der Waals surface area contributed by atoms with Gasteiger partial charge in [0, 0.05) is 54.1 Å². The fourth-order valence-electron chi connectivity index (χ4n) is 5.49. The fourth-order valence-corrected chi connectivity index (χ4v) is 5.49. The van der Waals surface area contributed by atoms with E-state index in [1.165, 1.54) is 0 Å². The molecule has 0 amide bonds. The number of piperidine rings is 1. The van der Waals surface area contributed by atoms with Gasteiger partial charge in [0.05, 0.1) is 22.8 Å². The van der Waals surface area contributed by atoms with Crippen LogP contribution in [0.4, 0.5) is 5.95 Å². The molecule has 2 aromatic heterocycles. The third-order valence-corrected chi connectivity index (χ3v) is 6.99. The smallest absolute Gasteiger partial charge is 0.226 e. The number of nitrogens with two attached hydrogens (primary N) is 1. The Hall–Kier alpha value is -3.76. The predicted molar refractivity (Wildman–Crippen MR) is 128 cm³/mol. The third kappa shape index (κ3) is 3.43. The normalized spacial score (nSPS) is 22.0. The summed E-state index contributed by atoms with van der Waals surface area (Å²) in [7, 11) is 1.93. The first-order chi connectivity index (χ1) is 16.1. The molecular formula is C26H25N7. The zero-order valence-corrected chi connectivity index (χ0v) is 18.5. The highest BCUT2D eigenvalue weighted by molar-refractivity contribution is 5.88. The van der Waals surface area contributed by atoms with Gasteiger partial charge in [-0.05, 0) is 55.5 Å². The minimum atomic E-state index is 0.266. The molecule has 2 aliphatic rings. The Labute approximate surface area is 192 Å². The number of hydrogen-bond acceptors (Lipinski definition) is 6. The zero-order chi connectivity index (χ0) is 22.5. The Kier molecular flexibility index (Phi) is 4.63. The van der Waals surface area contributed by atoms with Gasteiger partial charge in [-0.15, -0.1) is 0 Å². The number of nitriles is 1. The van der Waals surface area contributed by atoms with Crippen LogP contribution in [0, 0.1) is 11.3 Å². The first-order valence-electron chi connectivity index (χ1n) is 11.4. The van der Waals surface area contributed by atoms with E-state index in [4.69, 9.17) is 15.7 Å². The average molecular weight is 436 g/mol. The van der Waals surface area contributed by atoms with Crippen molar-refractivity contribution in [3.05, 3.63) is 60.4 Å². The summed E-state index contributed by atoms with van der Waals surface area (Å²) in [5.74, 6) is 0.778. The highest BCUT2D eigenvalue weighted by Gasteiger charge is 2.41. The van der Waals surface area contributed by atoms with Gasteiger partial charge in [-0.1, -0.05) is 18.2 Å². The second-order valence-corrected chi connectivity index (χ2v) is 9.22. The highest BCUT2D eigenvalue weighted by atomic mass is 15.3. The van der Waals surface area contributed by atoms with Crippen LogP contribution in [-0.4, -0.2) is 37.9 Å². The largest absolute Gasteiger partial charge is 0.335 e. The molecule has 0 aliphatic carbocycles. The van der Waals surface area contributed by atoms with Crippen LogP contribution in [0.3, 0.4) is 0 Å². The van der Waals surface area contributed by atoms with E-state index in [-0.39, 0.29) is 6.04 Å². The van der Waals surface area contributed by atoms with Crippen LogP contribution >= 0.6 is 0 Å². The van der Waals surface area contributed by atoms with Crippen molar-refractivity contribution in [2.24, 2.45) is 12.8 Å². The van der Waals surface area contributed by atoms with Gasteiger partial charge >= 0.3 is 0 Å². The number of nitrogens with zero attached hydrogens (tertiary/aromatic N) is 6. The molecular weight excluding hydrogens is 410 g/mol. The molecule has 164 valence electrons. The van der Waals surface area contributed by atoms with Gasteiger partial charge in [0.1, 0.15) is 0 Å². The second-order valence-electron chi connectivity index (χ2n) is 9.22. The zero-order valence-electron chi connectivity index (χ0n) is 18.5. The highest BCUT2D eigenvalue weighted by Crippen LogP contribution is 2.39. The molecule has 2 bridgehead atoms. The number of aromatic nitrogens is 4. The number of hydrogen-bond donors (Lipinski definition) is 1. The lowest BCUT2D eigenvalue weighted by Crippen LogP contribution is -2.48. The van der Waals surface area contributed by atoms with Crippen LogP contribution in [0.2, 0.25) is 0 Å². The maximum atomic E-state index is 9.23. The van der Waals surface area contributed by atoms with Crippen molar-refractivity contribution in [2.75, 3.05) is 4.90 Å². The summed E-state index contributed by atoms with van der Waals surface area (Å²) in [5.41, 5.74) is 11.7. The van der Waals surface area contributed by atoms with Gasteiger partial charge in [-0.25, -0.2) is 9.97 Å². The molecule has 2 saturated heterocycles. The van der Waals surface area contributed by atoms with Gasteiger partial charge in [-0.3, -0.25) is 4.68 Å². The molecule has 2 N–H and O–H groups in total. The molecule has 4 heterocycles. The maximum Gasteiger partial charge on any atom is 0.226 e. The van der Waals surface area contributed by atoms with Crippen molar-refractivity contribution >= 4 is 16.9 Å². The van der Waals surface area contributed by atoms with Gasteiger partial charge in [0.25, 0.3) is 0 Å². The quantitative estimate of drug-likeness (QED) is 0.522. The number of benzene rings is 2. The summed E-state index contributed by atoms with van der Waals surface area (Å²) < 4.78 is 1.83. The Morgan fingerprint density at radius 2 is 1.76 bits per heavy atom. The Morgan fingerprint density at radius 3 is 2.48 bits per heavy atom. The SMILES string of the molecule is Cn1cc2cc(-c3cnc(N4[C@@H]5CC[C@H]4CC(N)C5)nc3-c3ccc(C#N)cc3)ccc2n1. The van der Waals surface area contributed by atoms with E-state index in [1.54, 1.807) is 0 Å². The van der Waals surface area contributed by atoms with E-state index in [0.29, 0.717) is 17.6 Å². The molecule has 3 atom stereocenters. The predicted octanol–water partition coefficient (Wildman–Crippen LogP) is 4.03. The van der Waals surface area contributed by atoms with E-state index in [2.05, 4.69) is 28.2 Å². The number of anilines is 1. The Bertz CT molecular complexity index is 1370. The van der Waals surface area contributed by atoms with E-state index >= 15 is 0 Å². The first kappa shape index (κ1) is 19.9. The first-order valence-corrected chi connectivity index (χ1v) is 11.4. The Morgan fingerprint density at radius 1 is 1.03 bits per heavy atom. The van der Waals surface area contributed by atoms with Crippen molar-refractivity contribution in [1.29, 1.82) is 5.26 Å². The topological polar surface area (TPSA) is 96.6 Å². The molecule has 4 aromatic rings. The van der Waals surface area contributed by atoms with E-state index in [9.17, 15) is 5.26 Å². The van der Waals surface area contributed by atoms with Crippen LogP contribution in [0.15, 0.2) is 54.9 Å². The molecule has 0 radical (unpaired) electrons. The monoisotopic (exact) mass is 435 g/mol. The summed E-state index contributed by atoms with van der Waals surface area (Å²) >= 11 is 0. The molecule has 2 fully saturated rings. The van der Waals surface area contributed by atoms with Gasteiger partial charge in [0.15, 0.2) is 0 Å². The van der Waals surface area contributed by atoms with Crippen LogP contribution in [0.25, 0.3) is 33.3 Å². The van der Waals surface area contributed by atoms with Crippen LogP contribution in [-0.2, 0) is 7.05 Å². The van der Waals surface area contributed by atoms with Crippen molar-refractivity contribution < 1.29 is 0 Å². The summed E-state index contributed by atoms with van der Waals surface area (Å²) in [6, 6.07) is 17.1. The number of aryl methyl sites for hydroxylation is 1. The lowest BCUT2D eigenvalue weighted by Gasteiger charge is -2.37. The van der Waals surface area contributed by atoms with Gasteiger partial charge in [0.2, 0.25) is 5.95 Å². The lowest BCUT2D eigenvalue weighted by atomic mass is 9.98. The Balaban J connectivity index is 1.49. The summed E-state index contributed by atoms with van der Waals surface area (Å²) in [5, 5.41) is 14.8. The van der Waals surface area contributed by atoms with E-state index in [1.807, 2.05) is 54.5 Å². The van der Waals surface area contributed by atoms with Gasteiger partial charge < -0.3 is 10.6 Å². The van der Waals surface area contributed by atoms with Crippen molar-refractivity contribution in [1.82, 2.24) is 19.7 Å². The minimum Gasteiger partial charge on any atom is -0.335 e. The molecule has 1 unspecified atom stereocenters. The fraction of sp³-hybridized carbons (Fsp3) is 0.308. The van der Waals surface area contributed by atoms with Crippen LogP contribution < -0.4 is 10.6 Å². The van der Waals surface area contributed by atoms with E-state index in [0.717, 1.165) is 64.9 Å². The standard InChI is InChI=1S/C26H25N7/c1-32-15-19-10-18(6-9-24(19)31-32)23-14-29-26(33-21-7-8-22(33)12-20(28)11-21)30-25(23)17-4-2-16(13-27)3-5-17/h2-6,9-10,14-15,20-22H,7-8,11-12,28H2,1H3/t20?,21-,22+. The summed E-state index contributed by atoms with van der Waals surface area (Å²) in [6.07, 6.45) is 8.24. The van der Waals surface area contributed by atoms with Crippen molar-refractivity contribution in [3.63, 3.8) is 0 Å². The molecule has 0 spiro atoms. The van der Waals surface area contributed by atoms with E-state index < -0.39 is 0 Å². The average Bonchev–Trinajstić information content (AvgIpc) is 3.34. The molecule has 2 aromatic carbocycles. The molecule has 6 rings (SSSR count). The van der Waals surface area contributed by atoms with Crippen LogP contribution in [0.1, 0.15) is 31.2 Å². The van der Waals surface area contributed by atoms with Crippen LogP contribution in [0.5, 0.6) is 0 Å². The number of rotatable bonds is 3. The van der Waals surface area contributed by atoms with Crippen molar-refractivity contribution in [2.45, 2.75) is 43.8 Å². The summed E-state index contributed by atoms with van der Waals surface area (Å²) in [6.45, 7) is 0.